The molecule has 0 bridgehead atoms. The molecule has 0 N–H and O–H groups in total. The third-order valence-electron chi connectivity index (χ3n) is 6.48. The Morgan fingerprint density at radius 1 is 1.17 bits per heavy atom. The number of rotatable bonds is 4. The minimum Gasteiger partial charge on any atom is -0.497 e. The predicted molar refractivity (Wildman–Crippen MR) is 102 cm³/mol. The zero-order valence-corrected chi connectivity index (χ0v) is 16.2. The van der Waals surface area contributed by atoms with Crippen LogP contribution >= 0.6 is 11.6 Å². The number of benzene rings is 1. The Morgan fingerprint density at radius 2 is 1.92 bits per heavy atom. The van der Waals surface area contributed by atoms with Crippen LogP contribution in [0.4, 0.5) is 0 Å². The van der Waals surface area contributed by atoms with E-state index in [9.17, 15) is 0 Å². The van der Waals surface area contributed by atoms with E-state index in [0.717, 1.165) is 28.6 Å². The molecular weight excluding hydrogens is 318 g/mol. The molecule has 1 unspecified atom stereocenters. The number of nitrogens with zero attached hydrogens (tertiary/aromatic N) is 1. The quantitative estimate of drug-likeness (QED) is 0.686. The molecule has 3 rings (SSSR count). The standard InChI is InChI=1S/C21H32ClNO/c1-4-16-6-5-15(2)21(13-16)23-11-9-17(10-12-23)19-14-18(24-3)7-8-20(19)22/h7-8,14-17,21H,4-6,9-13H2,1-3H3/t15-,16-,21?/m1/s1. The highest BCUT2D eigenvalue weighted by Crippen LogP contribution is 2.39. The molecule has 2 nitrogen and oxygen atoms in total. The summed E-state index contributed by atoms with van der Waals surface area (Å²) in [4.78, 5) is 2.77. The lowest BCUT2D eigenvalue weighted by molar-refractivity contribution is 0.0642. The molecule has 3 atom stereocenters. The Hall–Kier alpha value is -0.730. The maximum atomic E-state index is 6.46. The summed E-state index contributed by atoms with van der Waals surface area (Å²) in [6, 6.07) is 6.87. The Morgan fingerprint density at radius 3 is 2.58 bits per heavy atom. The fourth-order valence-corrected chi connectivity index (χ4v) is 5.04. The second-order valence-corrected chi connectivity index (χ2v) is 8.24. The van der Waals surface area contributed by atoms with Crippen LogP contribution in [0.5, 0.6) is 5.75 Å². The Balaban J connectivity index is 1.63. The van der Waals surface area contributed by atoms with Gasteiger partial charge >= 0.3 is 0 Å². The van der Waals surface area contributed by atoms with Gasteiger partial charge in [0.1, 0.15) is 5.75 Å². The maximum Gasteiger partial charge on any atom is 0.119 e. The van der Waals surface area contributed by atoms with Gasteiger partial charge in [-0.2, -0.15) is 0 Å². The molecule has 0 spiro atoms. The number of ether oxygens (including phenoxy) is 1. The van der Waals surface area contributed by atoms with Crippen molar-refractivity contribution in [3.63, 3.8) is 0 Å². The van der Waals surface area contributed by atoms with Crippen molar-refractivity contribution < 1.29 is 4.74 Å². The number of hydrogen-bond acceptors (Lipinski definition) is 2. The normalized spacial score (nSPS) is 29.6. The van der Waals surface area contributed by atoms with Crippen molar-refractivity contribution >= 4 is 11.6 Å². The summed E-state index contributed by atoms with van der Waals surface area (Å²) in [7, 11) is 1.73. The summed E-state index contributed by atoms with van der Waals surface area (Å²) in [6.07, 6.45) is 8.02. The van der Waals surface area contributed by atoms with E-state index in [1.807, 2.05) is 12.1 Å². The van der Waals surface area contributed by atoms with Gasteiger partial charge in [-0.3, -0.25) is 0 Å². The lowest BCUT2D eigenvalue weighted by Gasteiger charge is -2.44. The van der Waals surface area contributed by atoms with Crippen molar-refractivity contribution in [3.05, 3.63) is 28.8 Å². The molecule has 1 aromatic rings. The van der Waals surface area contributed by atoms with Gasteiger partial charge in [-0.05, 0) is 80.3 Å². The third kappa shape index (κ3) is 3.91. The number of halogens is 1. The average molecular weight is 350 g/mol. The molecule has 1 aliphatic carbocycles. The number of likely N-dealkylation sites (tertiary alicyclic amines) is 1. The third-order valence-corrected chi connectivity index (χ3v) is 6.83. The fraction of sp³-hybridized carbons (Fsp3) is 0.714. The van der Waals surface area contributed by atoms with Crippen LogP contribution in [0.1, 0.15) is 63.9 Å². The van der Waals surface area contributed by atoms with Crippen LogP contribution in [0.2, 0.25) is 5.02 Å². The first kappa shape index (κ1) is 18.1. The SMILES string of the molecule is CC[C@@H]1CC[C@@H](C)C(N2CCC(c3cc(OC)ccc3Cl)CC2)C1. The first-order valence-electron chi connectivity index (χ1n) is 9.69. The summed E-state index contributed by atoms with van der Waals surface area (Å²) in [5.41, 5.74) is 1.28. The molecule has 1 aliphatic heterocycles. The highest BCUT2D eigenvalue weighted by molar-refractivity contribution is 6.31. The van der Waals surface area contributed by atoms with Crippen LogP contribution < -0.4 is 4.74 Å². The smallest absolute Gasteiger partial charge is 0.119 e. The predicted octanol–water partition coefficient (Wildman–Crippen LogP) is 5.74. The van der Waals surface area contributed by atoms with E-state index in [-0.39, 0.29) is 0 Å². The molecular formula is C21H32ClNO. The number of methoxy groups -OCH3 is 1. The van der Waals surface area contributed by atoms with Crippen LogP contribution in [-0.2, 0) is 0 Å². The van der Waals surface area contributed by atoms with E-state index in [4.69, 9.17) is 16.3 Å². The van der Waals surface area contributed by atoms with E-state index < -0.39 is 0 Å². The monoisotopic (exact) mass is 349 g/mol. The van der Waals surface area contributed by atoms with Crippen molar-refractivity contribution in [1.29, 1.82) is 0 Å². The first-order chi connectivity index (χ1) is 11.6. The van der Waals surface area contributed by atoms with Crippen molar-refractivity contribution in [2.24, 2.45) is 11.8 Å². The van der Waals surface area contributed by atoms with Crippen LogP contribution in [0.25, 0.3) is 0 Å². The van der Waals surface area contributed by atoms with E-state index in [1.165, 1.54) is 57.2 Å². The molecule has 1 saturated carbocycles. The topological polar surface area (TPSA) is 12.5 Å². The summed E-state index contributed by atoms with van der Waals surface area (Å²) >= 11 is 6.46. The van der Waals surface area contributed by atoms with Crippen LogP contribution in [0.3, 0.4) is 0 Å². The lowest BCUT2D eigenvalue weighted by atomic mass is 9.76. The summed E-state index contributed by atoms with van der Waals surface area (Å²) in [5.74, 6) is 3.29. The zero-order valence-electron chi connectivity index (χ0n) is 15.4. The molecule has 1 heterocycles. The maximum absolute atomic E-state index is 6.46. The van der Waals surface area contributed by atoms with Gasteiger partial charge in [0.25, 0.3) is 0 Å². The summed E-state index contributed by atoms with van der Waals surface area (Å²) in [6.45, 7) is 7.24. The number of hydrogen-bond donors (Lipinski definition) is 0. The molecule has 0 amide bonds. The molecule has 1 saturated heterocycles. The lowest BCUT2D eigenvalue weighted by Crippen LogP contribution is -2.47. The highest BCUT2D eigenvalue weighted by atomic mass is 35.5. The number of piperidine rings is 1. The van der Waals surface area contributed by atoms with Gasteiger partial charge in [-0.25, -0.2) is 0 Å². The second kappa shape index (κ2) is 8.10. The van der Waals surface area contributed by atoms with E-state index in [2.05, 4.69) is 24.8 Å². The minimum absolute atomic E-state index is 0.574. The van der Waals surface area contributed by atoms with Gasteiger partial charge in [0.15, 0.2) is 0 Å². The Labute approximate surface area is 152 Å². The van der Waals surface area contributed by atoms with Crippen LogP contribution in [-0.4, -0.2) is 31.1 Å². The van der Waals surface area contributed by atoms with Gasteiger partial charge < -0.3 is 9.64 Å². The van der Waals surface area contributed by atoms with Crippen LogP contribution in [0, 0.1) is 11.8 Å². The molecule has 0 radical (unpaired) electrons. The molecule has 1 aromatic carbocycles. The second-order valence-electron chi connectivity index (χ2n) is 7.83. The van der Waals surface area contributed by atoms with Gasteiger partial charge in [0.05, 0.1) is 7.11 Å². The van der Waals surface area contributed by atoms with Gasteiger partial charge in [-0.15, -0.1) is 0 Å². The molecule has 2 fully saturated rings. The van der Waals surface area contributed by atoms with Gasteiger partial charge in [0.2, 0.25) is 0 Å². The van der Waals surface area contributed by atoms with Crippen molar-refractivity contribution in [2.75, 3.05) is 20.2 Å². The van der Waals surface area contributed by atoms with Crippen molar-refractivity contribution in [1.82, 2.24) is 4.90 Å². The fourth-order valence-electron chi connectivity index (χ4n) is 4.77. The summed E-state index contributed by atoms with van der Waals surface area (Å²) in [5, 5.41) is 0.895. The van der Waals surface area contributed by atoms with E-state index >= 15 is 0 Å². The zero-order chi connectivity index (χ0) is 17.1. The minimum atomic E-state index is 0.574. The van der Waals surface area contributed by atoms with Gasteiger partial charge in [0, 0.05) is 11.1 Å². The van der Waals surface area contributed by atoms with Crippen molar-refractivity contribution in [3.8, 4) is 5.75 Å². The molecule has 134 valence electrons. The van der Waals surface area contributed by atoms with Gasteiger partial charge in [-0.1, -0.05) is 38.3 Å². The van der Waals surface area contributed by atoms with Crippen molar-refractivity contribution in [2.45, 2.75) is 64.3 Å². The highest BCUT2D eigenvalue weighted by Gasteiger charge is 2.33. The summed E-state index contributed by atoms with van der Waals surface area (Å²) < 4.78 is 5.39. The molecule has 3 heteroatoms. The van der Waals surface area contributed by atoms with Crippen LogP contribution in [0.15, 0.2) is 18.2 Å². The Bertz CT molecular complexity index is 539. The largest absolute Gasteiger partial charge is 0.497 e. The molecule has 2 aliphatic rings. The first-order valence-corrected chi connectivity index (χ1v) is 10.1. The Kier molecular flexibility index (Phi) is 6.10. The average Bonchev–Trinajstić information content (AvgIpc) is 2.63. The molecule has 0 aromatic heterocycles. The molecule has 24 heavy (non-hydrogen) atoms. The van der Waals surface area contributed by atoms with E-state index in [0.29, 0.717) is 5.92 Å². The van der Waals surface area contributed by atoms with E-state index in [1.54, 1.807) is 7.11 Å².